The number of likely N-dealkylation sites (tertiary alicyclic amines) is 1. The Labute approximate surface area is 123 Å². The molecule has 1 fully saturated rings. The van der Waals surface area contributed by atoms with Crippen LogP contribution in [-0.4, -0.2) is 36.0 Å². The lowest BCUT2D eigenvalue weighted by molar-refractivity contribution is -0.127. The minimum absolute atomic E-state index is 0.0425. The SMILES string of the molecule is Cc1cccc(C(=O)O[C@@H](C)CCN2CCCC2=O)c1F. The molecule has 1 aliphatic heterocycles. The van der Waals surface area contributed by atoms with Gasteiger partial charge in [-0.25, -0.2) is 9.18 Å². The Hall–Kier alpha value is -1.91. The van der Waals surface area contributed by atoms with E-state index in [9.17, 15) is 14.0 Å². The zero-order valence-electron chi connectivity index (χ0n) is 12.4. The predicted molar refractivity (Wildman–Crippen MR) is 76.4 cm³/mol. The highest BCUT2D eigenvalue weighted by molar-refractivity contribution is 5.90. The lowest BCUT2D eigenvalue weighted by atomic mass is 10.1. The van der Waals surface area contributed by atoms with E-state index in [2.05, 4.69) is 0 Å². The highest BCUT2D eigenvalue weighted by Gasteiger charge is 2.22. The summed E-state index contributed by atoms with van der Waals surface area (Å²) in [6, 6.07) is 4.65. The summed E-state index contributed by atoms with van der Waals surface area (Å²) in [5.74, 6) is -1.04. The Morgan fingerprint density at radius 1 is 1.48 bits per heavy atom. The Bertz CT molecular complexity index is 544. The maximum absolute atomic E-state index is 13.8. The Morgan fingerprint density at radius 2 is 2.24 bits per heavy atom. The maximum Gasteiger partial charge on any atom is 0.341 e. The average Bonchev–Trinajstić information content (AvgIpc) is 2.85. The number of ether oxygens (including phenoxy) is 1. The van der Waals surface area contributed by atoms with E-state index in [1.54, 1.807) is 30.9 Å². The van der Waals surface area contributed by atoms with E-state index >= 15 is 0 Å². The van der Waals surface area contributed by atoms with Crippen LogP contribution in [0, 0.1) is 12.7 Å². The molecule has 1 aliphatic rings. The minimum Gasteiger partial charge on any atom is -0.459 e. The van der Waals surface area contributed by atoms with Crippen LogP contribution < -0.4 is 0 Å². The van der Waals surface area contributed by atoms with Gasteiger partial charge < -0.3 is 9.64 Å². The molecule has 1 atom stereocenters. The topological polar surface area (TPSA) is 46.6 Å². The lowest BCUT2D eigenvalue weighted by Crippen LogP contribution is -2.29. The molecule has 114 valence electrons. The third kappa shape index (κ3) is 3.80. The average molecular weight is 293 g/mol. The number of carbonyl (C=O) groups excluding carboxylic acids is 2. The second-order valence-corrected chi connectivity index (χ2v) is 5.43. The summed E-state index contributed by atoms with van der Waals surface area (Å²) in [5, 5.41) is 0. The van der Waals surface area contributed by atoms with Gasteiger partial charge in [0.25, 0.3) is 0 Å². The molecule has 1 aromatic carbocycles. The van der Waals surface area contributed by atoms with Gasteiger partial charge in [-0.1, -0.05) is 12.1 Å². The van der Waals surface area contributed by atoms with E-state index in [4.69, 9.17) is 4.74 Å². The van der Waals surface area contributed by atoms with Crippen molar-refractivity contribution in [3.63, 3.8) is 0 Å². The van der Waals surface area contributed by atoms with Crippen LogP contribution in [0.2, 0.25) is 0 Å². The summed E-state index contributed by atoms with van der Waals surface area (Å²) in [6.45, 7) is 4.70. The van der Waals surface area contributed by atoms with Crippen molar-refractivity contribution < 1.29 is 18.7 Å². The predicted octanol–water partition coefficient (Wildman–Crippen LogP) is 2.69. The molecule has 0 saturated carbocycles. The van der Waals surface area contributed by atoms with Gasteiger partial charge in [0.2, 0.25) is 5.91 Å². The van der Waals surface area contributed by atoms with Crippen LogP contribution in [-0.2, 0) is 9.53 Å². The number of esters is 1. The minimum atomic E-state index is -0.656. The van der Waals surface area contributed by atoms with Crippen molar-refractivity contribution in [1.82, 2.24) is 4.90 Å². The van der Waals surface area contributed by atoms with Gasteiger partial charge in [-0.05, 0) is 31.9 Å². The number of nitrogens with zero attached hydrogens (tertiary/aromatic N) is 1. The van der Waals surface area contributed by atoms with Crippen molar-refractivity contribution >= 4 is 11.9 Å². The number of rotatable bonds is 5. The largest absolute Gasteiger partial charge is 0.459 e. The fourth-order valence-electron chi connectivity index (χ4n) is 2.39. The molecule has 2 rings (SSSR count). The van der Waals surface area contributed by atoms with Gasteiger partial charge in [-0.3, -0.25) is 4.79 Å². The third-order valence-corrected chi connectivity index (χ3v) is 3.70. The number of hydrogen-bond acceptors (Lipinski definition) is 3. The molecule has 0 radical (unpaired) electrons. The first-order valence-corrected chi connectivity index (χ1v) is 7.23. The van der Waals surface area contributed by atoms with E-state index in [0.29, 0.717) is 24.9 Å². The van der Waals surface area contributed by atoms with Crippen molar-refractivity contribution in [3.8, 4) is 0 Å². The summed E-state index contributed by atoms with van der Waals surface area (Å²) in [6.07, 6.45) is 1.69. The summed E-state index contributed by atoms with van der Waals surface area (Å²) >= 11 is 0. The number of amides is 1. The molecule has 21 heavy (non-hydrogen) atoms. The van der Waals surface area contributed by atoms with Gasteiger partial charge in [0, 0.05) is 25.9 Å². The van der Waals surface area contributed by atoms with Crippen molar-refractivity contribution in [2.75, 3.05) is 13.1 Å². The fourth-order valence-corrected chi connectivity index (χ4v) is 2.39. The standard InChI is InChI=1S/C16H20FNO3/c1-11-5-3-6-13(15(11)17)16(20)21-12(2)8-10-18-9-4-7-14(18)19/h3,5-6,12H,4,7-10H2,1-2H3/t12-/m0/s1. The molecule has 1 heterocycles. The van der Waals surface area contributed by atoms with Gasteiger partial charge in [0.05, 0.1) is 5.56 Å². The molecule has 4 nitrogen and oxygen atoms in total. The first kappa shape index (κ1) is 15.5. The number of hydrogen-bond donors (Lipinski definition) is 0. The van der Waals surface area contributed by atoms with Crippen LogP contribution in [0.5, 0.6) is 0 Å². The molecule has 0 unspecified atom stereocenters. The van der Waals surface area contributed by atoms with E-state index < -0.39 is 11.8 Å². The first-order valence-electron chi connectivity index (χ1n) is 7.23. The van der Waals surface area contributed by atoms with Crippen LogP contribution in [0.15, 0.2) is 18.2 Å². The van der Waals surface area contributed by atoms with Crippen LogP contribution in [0.3, 0.4) is 0 Å². The Kier molecular flexibility index (Phi) is 4.94. The van der Waals surface area contributed by atoms with E-state index in [1.807, 2.05) is 0 Å². The summed E-state index contributed by atoms with van der Waals surface area (Å²) in [7, 11) is 0. The highest BCUT2D eigenvalue weighted by Crippen LogP contribution is 2.15. The molecule has 0 aliphatic carbocycles. The molecule has 1 saturated heterocycles. The second-order valence-electron chi connectivity index (χ2n) is 5.43. The first-order chi connectivity index (χ1) is 9.99. The molecule has 0 N–H and O–H groups in total. The van der Waals surface area contributed by atoms with E-state index in [0.717, 1.165) is 13.0 Å². The second kappa shape index (κ2) is 6.70. The van der Waals surface area contributed by atoms with Gasteiger partial charge in [0.1, 0.15) is 11.9 Å². The van der Waals surface area contributed by atoms with Gasteiger partial charge in [0.15, 0.2) is 0 Å². The lowest BCUT2D eigenvalue weighted by Gasteiger charge is -2.19. The van der Waals surface area contributed by atoms with Crippen molar-refractivity contribution in [2.45, 2.75) is 39.2 Å². The van der Waals surface area contributed by atoms with Gasteiger partial charge in [-0.15, -0.1) is 0 Å². The number of halogens is 1. The summed E-state index contributed by atoms with van der Waals surface area (Å²) in [5.41, 5.74) is 0.374. The van der Waals surface area contributed by atoms with Gasteiger partial charge >= 0.3 is 5.97 Å². The summed E-state index contributed by atoms with van der Waals surface area (Å²) in [4.78, 5) is 25.2. The normalized spacial score (nSPS) is 16.1. The molecule has 0 spiro atoms. The van der Waals surface area contributed by atoms with E-state index in [-0.39, 0.29) is 17.6 Å². The molecule has 1 aromatic rings. The molecule has 5 heteroatoms. The van der Waals surface area contributed by atoms with Gasteiger partial charge in [-0.2, -0.15) is 0 Å². The van der Waals surface area contributed by atoms with Crippen molar-refractivity contribution in [3.05, 3.63) is 35.1 Å². The Balaban J connectivity index is 1.87. The fraction of sp³-hybridized carbons (Fsp3) is 0.500. The molecule has 0 bridgehead atoms. The van der Waals surface area contributed by atoms with Crippen LogP contribution in [0.4, 0.5) is 4.39 Å². The summed E-state index contributed by atoms with van der Waals surface area (Å²) < 4.78 is 19.1. The quantitative estimate of drug-likeness (QED) is 0.784. The zero-order chi connectivity index (χ0) is 15.4. The van der Waals surface area contributed by atoms with E-state index in [1.165, 1.54) is 6.07 Å². The van der Waals surface area contributed by atoms with Crippen molar-refractivity contribution in [2.24, 2.45) is 0 Å². The van der Waals surface area contributed by atoms with Crippen molar-refractivity contribution in [1.29, 1.82) is 0 Å². The zero-order valence-corrected chi connectivity index (χ0v) is 12.4. The smallest absolute Gasteiger partial charge is 0.341 e. The number of aryl methyl sites for hydroxylation is 1. The number of carbonyl (C=O) groups is 2. The Morgan fingerprint density at radius 3 is 2.90 bits per heavy atom. The van der Waals surface area contributed by atoms with Crippen LogP contribution >= 0.6 is 0 Å². The van der Waals surface area contributed by atoms with Crippen LogP contribution in [0.1, 0.15) is 42.1 Å². The number of benzene rings is 1. The monoisotopic (exact) mass is 293 g/mol. The highest BCUT2D eigenvalue weighted by atomic mass is 19.1. The molecule has 0 aromatic heterocycles. The third-order valence-electron chi connectivity index (χ3n) is 3.70. The maximum atomic E-state index is 13.8. The molecule has 1 amide bonds. The molecular weight excluding hydrogens is 273 g/mol. The van der Waals surface area contributed by atoms with Crippen LogP contribution in [0.25, 0.3) is 0 Å². The molecular formula is C16H20FNO3.